The van der Waals surface area contributed by atoms with Gasteiger partial charge >= 0.3 is 5.97 Å². The third-order valence-electron chi connectivity index (χ3n) is 4.21. The van der Waals surface area contributed by atoms with Crippen molar-refractivity contribution in [2.45, 2.75) is 25.8 Å². The average molecular weight is 286 g/mol. The molecule has 0 aliphatic carbocycles. The molecule has 110 valence electrons. The highest BCUT2D eigenvalue weighted by Crippen LogP contribution is 2.26. The number of aromatic nitrogens is 1. The molecule has 1 aromatic carbocycles. The van der Waals surface area contributed by atoms with E-state index in [9.17, 15) is 14.7 Å². The lowest BCUT2D eigenvalue weighted by atomic mass is 9.90. The van der Waals surface area contributed by atoms with E-state index in [0.717, 1.165) is 23.7 Å². The molecule has 1 saturated heterocycles. The fraction of sp³-hybridized carbons (Fsp3) is 0.375. The van der Waals surface area contributed by atoms with Crippen molar-refractivity contribution in [3.8, 4) is 0 Å². The van der Waals surface area contributed by atoms with E-state index in [1.165, 1.54) is 4.90 Å². The topological polar surface area (TPSA) is 73.4 Å². The van der Waals surface area contributed by atoms with Crippen molar-refractivity contribution in [1.82, 2.24) is 9.88 Å². The van der Waals surface area contributed by atoms with Crippen molar-refractivity contribution in [2.75, 3.05) is 6.54 Å². The van der Waals surface area contributed by atoms with Gasteiger partial charge in [-0.25, -0.2) is 4.79 Å². The monoisotopic (exact) mass is 286 g/mol. The Morgan fingerprint density at radius 3 is 2.81 bits per heavy atom. The van der Waals surface area contributed by atoms with Crippen LogP contribution < -0.4 is 0 Å². The third kappa shape index (κ3) is 2.39. The molecule has 1 aliphatic heterocycles. The quantitative estimate of drug-likeness (QED) is 0.890. The van der Waals surface area contributed by atoms with Crippen LogP contribution in [0.15, 0.2) is 30.3 Å². The predicted octanol–water partition coefficient (Wildman–Crippen LogP) is 2.49. The highest BCUT2D eigenvalue weighted by Gasteiger charge is 2.37. The number of benzene rings is 1. The van der Waals surface area contributed by atoms with Crippen LogP contribution in [-0.4, -0.2) is 39.5 Å². The van der Waals surface area contributed by atoms with Crippen LogP contribution in [0.1, 0.15) is 30.3 Å². The number of amides is 1. The summed E-state index contributed by atoms with van der Waals surface area (Å²) in [5.41, 5.74) is 1.34. The minimum absolute atomic E-state index is 0.0235. The summed E-state index contributed by atoms with van der Waals surface area (Å²) >= 11 is 0. The van der Waals surface area contributed by atoms with Gasteiger partial charge in [-0.15, -0.1) is 0 Å². The Kier molecular flexibility index (Phi) is 3.41. The Balaban J connectivity index is 1.94. The first-order valence-electron chi connectivity index (χ1n) is 7.19. The number of para-hydroxylation sites is 1. The van der Waals surface area contributed by atoms with Gasteiger partial charge in [0.2, 0.25) is 0 Å². The second kappa shape index (κ2) is 5.24. The molecule has 2 heterocycles. The van der Waals surface area contributed by atoms with Gasteiger partial charge in [-0.05, 0) is 30.9 Å². The lowest BCUT2D eigenvalue weighted by Gasteiger charge is -2.37. The fourth-order valence-electron chi connectivity index (χ4n) is 3.14. The zero-order valence-electron chi connectivity index (χ0n) is 11.9. The normalized spacial score (nSPS) is 22.4. The van der Waals surface area contributed by atoms with Gasteiger partial charge in [0.25, 0.3) is 5.91 Å². The van der Waals surface area contributed by atoms with Crippen LogP contribution in [0.2, 0.25) is 0 Å². The van der Waals surface area contributed by atoms with Crippen LogP contribution in [0, 0.1) is 5.92 Å². The van der Waals surface area contributed by atoms with Gasteiger partial charge in [-0.3, -0.25) is 4.79 Å². The third-order valence-corrected chi connectivity index (χ3v) is 4.21. The van der Waals surface area contributed by atoms with Gasteiger partial charge in [-0.1, -0.05) is 25.1 Å². The van der Waals surface area contributed by atoms with Crippen molar-refractivity contribution in [3.63, 3.8) is 0 Å². The van der Waals surface area contributed by atoms with E-state index in [1.54, 1.807) is 6.07 Å². The van der Waals surface area contributed by atoms with E-state index in [4.69, 9.17) is 0 Å². The number of rotatable bonds is 2. The maximum atomic E-state index is 12.7. The van der Waals surface area contributed by atoms with Gasteiger partial charge in [0.1, 0.15) is 11.7 Å². The number of carbonyl (C=O) groups excluding carboxylic acids is 1. The van der Waals surface area contributed by atoms with Gasteiger partial charge in [-0.2, -0.15) is 0 Å². The highest BCUT2D eigenvalue weighted by atomic mass is 16.4. The Bertz CT molecular complexity index is 659. The number of piperidine rings is 1. The number of H-pyrrole nitrogens is 1. The summed E-state index contributed by atoms with van der Waals surface area (Å²) in [6.07, 6.45) is 1.68. The smallest absolute Gasteiger partial charge is 0.326 e. The molecule has 1 amide bonds. The Morgan fingerprint density at radius 1 is 1.33 bits per heavy atom. The number of nitrogens with zero attached hydrogens (tertiary/aromatic N) is 1. The van der Waals surface area contributed by atoms with Crippen molar-refractivity contribution in [2.24, 2.45) is 5.92 Å². The summed E-state index contributed by atoms with van der Waals surface area (Å²) in [5.74, 6) is -1.18. The number of carboxylic acid groups (broad SMARTS) is 1. The number of hydrogen-bond donors (Lipinski definition) is 2. The number of nitrogens with one attached hydrogen (secondary N) is 1. The first-order chi connectivity index (χ1) is 10.1. The van der Waals surface area contributed by atoms with Crippen LogP contribution in [0.5, 0.6) is 0 Å². The SMILES string of the molecule is CC1CCCN(C(=O)c2cc3ccccc3[nH]2)C1C(=O)O. The summed E-state index contributed by atoms with van der Waals surface area (Å²) in [7, 11) is 0. The molecular weight excluding hydrogens is 268 g/mol. The molecular formula is C16H18N2O3. The van der Waals surface area contributed by atoms with Crippen molar-refractivity contribution in [1.29, 1.82) is 0 Å². The number of likely N-dealkylation sites (tertiary alicyclic amines) is 1. The largest absolute Gasteiger partial charge is 0.480 e. The first kappa shape index (κ1) is 13.7. The summed E-state index contributed by atoms with van der Waals surface area (Å²) < 4.78 is 0. The molecule has 1 fully saturated rings. The zero-order valence-corrected chi connectivity index (χ0v) is 11.9. The van der Waals surface area contributed by atoms with Crippen LogP contribution in [-0.2, 0) is 4.79 Å². The highest BCUT2D eigenvalue weighted by molar-refractivity contribution is 5.99. The summed E-state index contributed by atoms with van der Waals surface area (Å²) in [6, 6.07) is 8.69. The van der Waals surface area contributed by atoms with Gasteiger partial charge in [0.15, 0.2) is 0 Å². The van der Waals surface area contributed by atoms with Gasteiger partial charge in [0, 0.05) is 17.4 Å². The molecule has 3 rings (SSSR count). The first-order valence-corrected chi connectivity index (χ1v) is 7.19. The molecule has 0 bridgehead atoms. The molecule has 1 aromatic heterocycles. The van der Waals surface area contributed by atoms with E-state index in [2.05, 4.69) is 4.98 Å². The molecule has 2 aromatic rings. The van der Waals surface area contributed by atoms with E-state index in [-0.39, 0.29) is 11.8 Å². The lowest BCUT2D eigenvalue weighted by molar-refractivity contribution is -0.145. The molecule has 0 spiro atoms. The second-order valence-electron chi connectivity index (χ2n) is 5.67. The zero-order chi connectivity index (χ0) is 15.0. The minimum atomic E-state index is -0.924. The maximum Gasteiger partial charge on any atom is 0.326 e. The number of hydrogen-bond acceptors (Lipinski definition) is 2. The van der Waals surface area contributed by atoms with Crippen molar-refractivity contribution < 1.29 is 14.7 Å². The van der Waals surface area contributed by atoms with Crippen LogP contribution in [0.3, 0.4) is 0 Å². The number of aromatic amines is 1. The van der Waals surface area contributed by atoms with Crippen LogP contribution in [0.4, 0.5) is 0 Å². The Labute approximate surface area is 122 Å². The average Bonchev–Trinajstić information content (AvgIpc) is 2.89. The number of fused-ring (bicyclic) bond motifs is 1. The maximum absolute atomic E-state index is 12.7. The standard InChI is InChI=1S/C16H18N2O3/c1-10-5-4-8-18(14(10)16(20)21)15(19)13-9-11-6-2-3-7-12(11)17-13/h2-3,6-7,9-10,14,17H,4-5,8H2,1H3,(H,20,21). The van der Waals surface area contributed by atoms with Crippen molar-refractivity contribution >= 4 is 22.8 Å². The van der Waals surface area contributed by atoms with Gasteiger partial charge < -0.3 is 15.0 Å². The van der Waals surface area contributed by atoms with Crippen LogP contribution in [0.25, 0.3) is 10.9 Å². The number of aliphatic carboxylic acids is 1. The predicted molar refractivity (Wildman–Crippen MR) is 79.2 cm³/mol. The van der Waals surface area contributed by atoms with Crippen LogP contribution >= 0.6 is 0 Å². The minimum Gasteiger partial charge on any atom is -0.480 e. The Morgan fingerprint density at radius 2 is 2.10 bits per heavy atom. The summed E-state index contributed by atoms with van der Waals surface area (Å²) in [5, 5.41) is 10.4. The molecule has 2 N–H and O–H groups in total. The van der Waals surface area contributed by atoms with E-state index >= 15 is 0 Å². The van der Waals surface area contributed by atoms with Crippen molar-refractivity contribution in [3.05, 3.63) is 36.0 Å². The second-order valence-corrected chi connectivity index (χ2v) is 5.67. The molecule has 2 atom stereocenters. The van der Waals surface area contributed by atoms with E-state index < -0.39 is 12.0 Å². The summed E-state index contributed by atoms with van der Waals surface area (Å²) in [4.78, 5) is 28.7. The fourth-order valence-corrected chi connectivity index (χ4v) is 3.14. The summed E-state index contributed by atoms with van der Waals surface area (Å²) in [6.45, 7) is 2.39. The molecule has 21 heavy (non-hydrogen) atoms. The van der Waals surface area contributed by atoms with E-state index in [1.807, 2.05) is 31.2 Å². The lowest BCUT2D eigenvalue weighted by Crippen LogP contribution is -2.52. The molecule has 5 heteroatoms. The molecule has 5 nitrogen and oxygen atoms in total. The van der Waals surface area contributed by atoms with E-state index in [0.29, 0.717) is 12.2 Å². The van der Waals surface area contributed by atoms with Gasteiger partial charge in [0.05, 0.1) is 0 Å². The molecule has 2 unspecified atom stereocenters. The Hall–Kier alpha value is -2.30. The number of carbonyl (C=O) groups is 2. The molecule has 0 saturated carbocycles. The molecule has 0 radical (unpaired) electrons. The number of carboxylic acids is 1. The molecule has 1 aliphatic rings.